The van der Waals surface area contributed by atoms with E-state index in [0.29, 0.717) is 37.1 Å². The van der Waals surface area contributed by atoms with Gasteiger partial charge in [-0.25, -0.2) is 23.4 Å². The number of hydrogen-bond acceptors (Lipinski definition) is 6. The van der Waals surface area contributed by atoms with Gasteiger partial charge in [-0.15, -0.1) is 0 Å². The summed E-state index contributed by atoms with van der Waals surface area (Å²) in [6.07, 6.45) is 4.86. The van der Waals surface area contributed by atoms with Gasteiger partial charge in [0.15, 0.2) is 23.2 Å². The van der Waals surface area contributed by atoms with Crippen molar-refractivity contribution in [2.24, 2.45) is 0 Å². The fourth-order valence-corrected chi connectivity index (χ4v) is 3.26. The van der Waals surface area contributed by atoms with Gasteiger partial charge in [0, 0.05) is 36.9 Å². The van der Waals surface area contributed by atoms with E-state index in [1.54, 1.807) is 12.4 Å². The third-order valence-corrected chi connectivity index (χ3v) is 4.93. The molecular weight excluding hydrogens is 442 g/mol. The minimum Gasteiger partial charge on any atom is -0.488 e. The zero-order chi connectivity index (χ0) is 23.9. The summed E-state index contributed by atoms with van der Waals surface area (Å²) >= 11 is 0. The molecule has 2 aromatic heterocycles. The van der Waals surface area contributed by atoms with Crippen molar-refractivity contribution >= 4 is 0 Å². The zero-order valence-corrected chi connectivity index (χ0v) is 18.4. The molecule has 0 atom stereocenters. The van der Waals surface area contributed by atoms with Crippen LogP contribution in [-0.2, 0) is 11.2 Å². The number of halogens is 2. The van der Waals surface area contributed by atoms with Crippen molar-refractivity contribution < 1.29 is 18.3 Å². The second kappa shape index (κ2) is 10.8. The van der Waals surface area contributed by atoms with Crippen molar-refractivity contribution in [2.45, 2.75) is 13.3 Å². The molecule has 4 aromatic rings. The molecular formula is C25H22F2N4O3. The molecule has 9 heteroatoms. The quantitative estimate of drug-likeness (QED) is 0.349. The number of hydrogen-bond donors (Lipinski definition) is 0. The Morgan fingerprint density at radius 1 is 0.971 bits per heavy atom. The number of rotatable bonds is 9. The van der Waals surface area contributed by atoms with Gasteiger partial charge >= 0.3 is 0 Å². The van der Waals surface area contributed by atoms with Crippen LogP contribution in [0.2, 0.25) is 0 Å². The maximum absolute atomic E-state index is 13.6. The van der Waals surface area contributed by atoms with Crippen LogP contribution in [0.15, 0.2) is 71.9 Å². The Kier molecular flexibility index (Phi) is 7.34. The highest BCUT2D eigenvalue weighted by atomic mass is 19.2. The minimum atomic E-state index is -0.988. The Balaban J connectivity index is 1.51. The van der Waals surface area contributed by atoms with Gasteiger partial charge in [-0.3, -0.25) is 4.79 Å². The first-order chi connectivity index (χ1) is 16.5. The van der Waals surface area contributed by atoms with Gasteiger partial charge in [-0.1, -0.05) is 18.2 Å². The Morgan fingerprint density at radius 2 is 1.79 bits per heavy atom. The molecule has 7 nitrogen and oxygen atoms in total. The molecule has 0 unspecified atom stereocenters. The zero-order valence-electron chi connectivity index (χ0n) is 18.4. The molecule has 0 amide bonds. The Morgan fingerprint density at radius 3 is 2.56 bits per heavy atom. The summed E-state index contributed by atoms with van der Waals surface area (Å²) < 4.78 is 39.0. The third-order valence-electron chi connectivity index (χ3n) is 4.93. The van der Waals surface area contributed by atoms with Gasteiger partial charge in [-0.05, 0) is 30.7 Å². The van der Waals surface area contributed by atoms with E-state index < -0.39 is 11.6 Å². The summed E-state index contributed by atoms with van der Waals surface area (Å²) in [5.74, 6) is -0.878. The normalized spacial score (nSPS) is 10.9. The monoisotopic (exact) mass is 464 g/mol. The van der Waals surface area contributed by atoms with Crippen LogP contribution < -0.4 is 10.2 Å². The van der Waals surface area contributed by atoms with Gasteiger partial charge in [0.1, 0.15) is 12.3 Å². The highest BCUT2D eigenvalue weighted by Gasteiger charge is 2.10. The van der Waals surface area contributed by atoms with E-state index in [2.05, 4.69) is 15.1 Å². The SMILES string of the molecule is CCOCCOc1cnc(-c2cccc(Cc3nn(-c4ccc(F)c(F)c4)ccc3=O)c2)nc1. The molecule has 0 spiro atoms. The Bertz CT molecular complexity index is 1330. The predicted molar refractivity (Wildman–Crippen MR) is 122 cm³/mol. The van der Waals surface area contributed by atoms with Crippen LogP contribution in [0.25, 0.3) is 17.1 Å². The second-order valence-corrected chi connectivity index (χ2v) is 7.33. The molecule has 0 bridgehead atoms. The van der Waals surface area contributed by atoms with Crippen LogP contribution in [0, 0.1) is 11.6 Å². The van der Waals surface area contributed by atoms with Crippen LogP contribution >= 0.6 is 0 Å². The van der Waals surface area contributed by atoms with Gasteiger partial charge in [-0.2, -0.15) is 5.10 Å². The fourth-order valence-electron chi connectivity index (χ4n) is 3.26. The summed E-state index contributed by atoms with van der Waals surface area (Å²) in [6, 6.07) is 12.2. The first-order valence-electron chi connectivity index (χ1n) is 10.7. The fraction of sp³-hybridized carbons (Fsp3) is 0.200. The first kappa shape index (κ1) is 23.2. The number of benzene rings is 2. The molecule has 34 heavy (non-hydrogen) atoms. The van der Waals surface area contributed by atoms with E-state index in [9.17, 15) is 13.6 Å². The molecule has 0 saturated heterocycles. The number of ether oxygens (including phenoxy) is 2. The van der Waals surface area contributed by atoms with Crippen LogP contribution in [0.4, 0.5) is 8.78 Å². The lowest BCUT2D eigenvalue weighted by Crippen LogP contribution is -2.16. The Hall–Kier alpha value is -3.98. The smallest absolute Gasteiger partial charge is 0.203 e. The van der Waals surface area contributed by atoms with E-state index in [1.165, 1.54) is 23.0 Å². The predicted octanol–water partition coefficient (Wildman–Crippen LogP) is 3.97. The van der Waals surface area contributed by atoms with E-state index in [0.717, 1.165) is 23.3 Å². The average molecular weight is 464 g/mol. The molecule has 0 fully saturated rings. The van der Waals surface area contributed by atoms with Crippen molar-refractivity contribution in [1.82, 2.24) is 19.7 Å². The highest BCUT2D eigenvalue weighted by Crippen LogP contribution is 2.19. The van der Waals surface area contributed by atoms with Crippen molar-refractivity contribution in [3.63, 3.8) is 0 Å². The van der Waals surface area contributed by atoms with Crippen LogP contribution in [0.5, 0.6) is 5.75 Å². The van der Waals surface area contributed by atoms with Crippen molar-refractivity contribution in [3.05, 3.63) is 100 Å². The van der Waals surface area contributed by atoms with E-state index in [-0.39, 0.29) is 17.5 Å². The molecule has 0 aliphatic carbocycles. The molecule has 0 N–H and O–H groups in total. The second-order valence-electron chi connectivity index (χ2n) is 7.33. The third kappa shape index (κ3) is 5.68. The first-order valence-corrected chi connectivity index (χ1v) is 10.7. The molecule has 0 aliphatic heterocycles. The highest BCUT2D eigenvalue weighted by molar-refractivity contribution is 5.56. The number of nitrogens with zero attached hydrogens (tertiary/aromatic N) is 4. The lowest BCUT2D eigenvalue weighted by atomic mass is 10.1. The summed E-state index contributed by atoms with van der Waals surface area (Å²) in [7, 11) is 0. The van der Waals surface area contributed by atoms with Gasteiger partial charge in [0.25, 0.3) is 0 Å². The van der Waals surface area contributed by atoms with E-state index >= 15 is 0 Å². The van der Waals surface area contributed by atoms with E-state index in [4.69, 9.17) is 9.47 Å². The maximum atomic E-state index is 13.6. The minimum absolute atomic E-state index is 0.246. The molecule has 0 radical (unpaired) electrons. The molecule has 174 valence electrons. The van der Waals surface area contributed by atoms with E-state index in [1.807, 2.05) is 31.2 Å². The lowest BCUT2D eigenvalue weighted by Gasteiger charge is -2.09. The molecule has 0 aliphatic rings. The molecule has 4 rings (SSSR count). The molecule has 2 aromatic carbocycles. The van der Waals surface area contributed by atoms with Crippen molar-refractivity contribution in [2.75, 3.05) is 19.8 Å². The maximum Gasteiger partial charge on any atom is 0.203 e. The topological polar surface area (TPSA) is 79.1 Å². The summed E-state index contributed by atoms with van der Waals surface area (Å²) in [6.45, 7) is 3.46. The largest absolute Gasteiger partial charge is 0.488 e. The average Bonchev–Trinajstić information content (AvgIpc) is 2.85. The standard InChI is InChI=1S/C25H22F2N4O3/c1-2-33-10-11-34-20-15-28-25(29-16-20)18-5-3-4-17(12-18)13-23-24(32)8-9-31(30-23)19-6-7-21(26)22(27)14-19/h3-9,12,14-16H,2,10-11,13H2,1H3. The van der Waals surface area contributed by atoms with Crippen LogP contribution in [-0.4, -0.2) is 39.6 Å². The summed E-state index contributed by atoms with van der Waals surface area (Å²) in [5.41, 5.74) is 1.92. The molecule has 0 saturated carbocycles. The van der Waals surface area contributed by atoms with Gasteiger partial charge in [0.05, 0.1) is 24.7 Å². The van der Waals surface area contributed by atoms with Gasteiger partial charge < -0.3 is 9.47 Å². The lowest BCUT2D eigenvalue weighted by molar-refractivity contribution is 0.110. The van der Waals surface area contributed by atoms with Gasteiger partial charge in [0.2, 0.25) is 5.43 Å². The van der Waals surface area contributed by atoms with Crippen molar-refractivity contribution in [3.8, 4) is 22.8 Å². The number of aromatic nitrogens is 4. The summed E-state index contributed by atoms with van der Waals surface area (Å²) in [5, 5.41) is 4.32. The molecule has 2 heterocycles. The summed E-state index contributed by atoms with van der Waals surface area (Å²) in [4.78, 5) is 21.1. The van der Waals surface area contributed by atoms with Crippen LogP contribution in [0.3, 0.4) is 0 Å². The van der Waals surface area contributed by atoms with Crippen LogP contribution in [0.1, 0.15) is 18.2 Å². The van der Waals surface area contributed by atoms with Crippen molar-refractivity contribution in [1.29, 1.82) is 0 Å². The Labute approximate surface area is 194 Å².